The smallest absolute Gasteiger partial charge is 0.234 e. The number of thioether (sulfide) groups is 1. The number of nitrogens with zero attached hydrogens (tertiary/aromatic N) is 4. The molecule has 1 N–H and O–H groups in total. The van der Waals surface area contributed by atoms with Crippen LogP contribution in [0.4, 0.5) is 11.4 Å². The number of aryl methyl sites for hydroxylation is 1. The Morgan fingerprint density at radius 2 is 1.85 bits per heavy atom. The minimum atomic E-state index is -0.0642. The summed E-state index contributed by atoms with van der Waals surface area (Å²) >= 11 is 2.88. The highest BCUT2D eigenvalue weighted by atomic mass is 32.2. The average Bonchev–Trinajstić information content (AvgIpc) is 3.06. The van der Waals surface area contributed by atoms with Crippen molar-refractivity contribution in [1.82, 2.24) is 15.1 Å². The molecule has 0 atom stereocenters. The summed E-state index contributed by atoms with van der Waals surface area (Å²) in [7, 11) is 0. The van der Waals surface area contributed by atoms with E-state index in [1.165, 1.54) is 23.1 Å². The highest BCUT2D eigenvalue weighted by Crippen LogP contribution is 2.23. The van der Waals surface area contributed by atoms with Crippen LogP contribution in [0.2, 0.25) is 0 Å². The van der Waals surface area contributed by atoms with Crippen LogP contribution in [0.15, 0.2) is 28.6 Å². The molecule has 1 aliphatic heterocycles. The number of carbonyl (C=O) groups is 2. The van der Waals surface area contributed by atoms with Crippen molar-refractivity contribution in [3.63, 3.8) is 0 Å². The minimum absolute atomic E-state index is 0.0642. The number of aromatic nitrogens is 2. The van der Waals surface area contributed by atoms with Crippen molar-refractivity contribution >= 4 is 46.3 Å². The van der Waals surface area contributed by atoms with E-state index in [9.17, 15) is 9.59 Å². The van der Waals surface area contributed by atoms with Crippen LogP contribution in [0.1, 0.15) is 11.9 Å². The van der Waals surface area contributed by atoms with E-state index >= 15 is 0 Å². The fourth-order valence-corrected chi connectivity index (χ4v) is 4.31. The van der Waals surface area contributed by atoms with Gasteiger partial charge in [-0.2, -0.15) is 0 Å². The number of piperazine rings is 1. The standard InChI is InChI=1S/C17H21N5O2S2/c1-12-19-20-17(26-12)25-11-16(24)18-14-3-5-15(6-4-14)22-9-7-21(8-10-22)13(2)23/h3-6H,7-11H2,1-2H3,(H,18,24). The van der Waals surface area contributed by atoms with Crippen LogP contribution in [-0.4, -0.2) is 58.8 Å². The molecular formula is C17H21N5O2S2. The van der Waals surface area contributed by atoms with Gasteiger partial charge in [-0.15, -0.1) is 10.2 Å². The molecule has 26 heavy (non-hydrogen) atoms. The molecule has 0 bridgehead atoms. The predicted octanol–water partition coefficient (Wildman–Crippen LogP) is 2.25. The molecule has 1 aliphatic rings. The van der Waals surface area contributed by atoms with Gasteiger partial charge in [-0.3, -0.25) is 9.59 Å². The van der Waals surface area contributed by atoms with Gasteiger partial charge < -0.3 is 15.1 Å². The highest BCUT2D eigenvalue weighted by Gasteiger charge is 2.18. The van der Waals surface area contributed by atoms with E-state index in [0.29, 0.717) is 5.75 Å². The molecule has 7 nitrogen and oxygen atoms in total. The van der Waals surface area contributed by atoms with Crippen LogP contribution in [0.25, 0.3) is 0 Å². The summed E-state index contributed by atoms with van der Waals surface area (Å²) in [6.07, 6.45) is 0. The van der Waals surface area contributed by atoms with Gasteiger partial charge in [0.2, 0.25) is 11.8 Å². The van der Waals surface area contributed by atoms with Crippen LogP contribution in [0.5, 0.6) is 0 Å². The SMILES string of the molecule is CC(=O)N1CCN(c2ccc(NC(=O)CSc3nnc(C)s3)cc2)CC1. The van der Waals surface area contributed by atoms with Gasteiger partial charge in [-0.1, -0.05) is 23.1 Å². The maximum atomic E-state index is 12.1. The van der Waals surface area contributed by atoms with Crippen molar-refractivity contribution in [2.24, 2.45) is 0 Å². The summed E-state index contributed by atoms with van der Waals surface area (Å²) in [5.41, 5.74) is 1.88. The number of hydrogen-bond donors (Lipinski definition) is 1. The van der Waals surface area contributed by atoms with E-state index in [0.717, 1.165) is 46.9 Å². The summed E-state index contributed by atoms with van der Waals surface area (Å²) in [5, 5.41) is 11.7. The number of amides is 2. The van der Waals surface area contributed by atoms with Crippen molar-refractivity contribution in [2.75, 3.05) is 42.1 Å². The minimum Gasteiger partial charge on any atom is -0.368 e. The third kappa shape index (κ3) is 4.95. The van der Waals surface area contributed by atoms with Gasteiger partial charge in [0.05, 0.1) is 5.75 Å². The largest absolute Gasteiger partial charge is 0.368 e. The topological polar surface area (TPSA) is 78.4 Å². The monoisotopic (exact) mass is 391 g/mol. The van der Waals surface area contributed by atoms with Crippen LogP contribution in [-0.2, 0) is 9.59 Å². The van der Waals surface area contributed by atoms with Crippen LogP contribution in [0, 0.1) is 6.92 Å². The second-order valence-corrected chi connectivity index (χ2v) is 8.37. The lowest BCUT2D eigenvalue weighted by molar-refractivity contribution is -0.129. The van der Waals surface area contributed by atoms with Crippen molar-refractivity contribution in [1.29, 1.82) is 0 Å². The Morgan fingerprint density at radius 3 is 2.42 bits per heavy atom. The number of carbonyl (C=O) groups excluding carboxylic acids is 2. The molecule has 0 spiro atoms. The van der Waals surface area contributed by atoms with Gasteiger partial charge in [0.15, 0.2) is 4.34 Å². The summed E-state index contributed by atoms with van der Waals surface area (Å²) in [6, 6.07) is 7.81. The van der Waals surface area contributed by atoms with Crippen molar-refractivity contribution in [2.45, 2.75) is 18.2 Å². The zero-order chi connectivity index (χ0) is 18.5. The van der Waals surface area contributed by atoms with Crippen molar-refractivity contribution < 1.29 is 9.59 Å². The van der Waals surface area contributed by atoms with E-state index in [1.807, 2.05) is 36.1 Å². The zero-order valence-corrected chi connectivity index (χ0v) is 16.4. The molecule has 1 saturated heterocycles. The Morgan fingerprint density at radius 1 is 1.15 bits per heavy atom. The highest BCUT2D eigenvalue weighted by molar-refractivity contribution is 8.01. The molecule has 2 amide bonds. The number of hydrogen-bond acceptors (Lipinski definition) is 7. The molecule has 9 heteroatoms. The lowest BCUT2D eigenvalue weighted by atomic mass is 10.2. The van der Waals surface area contributed by atoms with E-state index in [2.05, 4.69) is 20.4 Å². The second-order valence-electron chi connectivity index (χ2n) is 5.96. The molecule has 138 valence electrons. The Labute approximate surface area is 160 Å². The fraction of sp³-hybridized carbons (Fsp3) is 0.412. The summed E-state index contributed by atoms with van der Waals surface area (Å²) in [5.74, 6) is 0.374. The third-order valence-corrected chi connectivity index (χ3v) is 6.05. The quantitative estimate of drug-likeness (QED) is 0.788. The summed E-state index contributed by atoms with van der Waals surface area (Å²) in [6.45, 7) is 6.64. The molecular weight excluding hydrogens is 370 g/mol. The number of nitrogens with one attached hydrogen (secondary N) is 1. The first kappa shape index (κ1) is 18.7. The molecule has 2 aromatic rings. The second kappa shape index (κ2) is 8.50. The van der Waals surface area contributed by atoms with Crippen LogP contribution >= 0.6 is 23.1 Å². The summed E-state index contributed by atoms with van der Waals surface area (Å²) in [4.78, 5) is 27.6. The van der Waals surface area contributed by atoms with Crippen molar-refractivity contribution in [3.05, 3.63) is 29.3 Å². The fourth-order valence-electron chi connectivity index (χ4n) is 2.70. The molecule has 1 aromatic heterocycles. The Hall–Kier alpha value is -2.13. The molecule has 0 unspecified atom stereocenters. The van der Waals surface area contributed by atoms with E-state index < -0.39 is 0 Å². The van der Waals surface area contributed by atoms with Crippen LogP contribution in [0.3, 0.4) is 0 Å². The average molecular weight is 392 g/mol. The lowest BCUT2D eigenvalue weighted by Crippen LogP contribution is -2.48. The van der Waals surface area contributed by atoms with Crippen LogP contribution < -0.4 is 10.2 Å². The molecule has 0 saturated carbocycles. The Bertz CT molecular complexity index is 770. The number of anilines is 2. The van der Waals surface area contributed by atoms with Gasteiger partial charge in [0.1, 0.15) is 5.01 Å². The lowest BCUT2D eigenvalue weighted by Gasteiger charge is -2.35. The van der Waals surface area contributed by atoms with Gasteiger partial charge in [-0.05, 0) is 31.2 Å². The van der Waals surface area contributed by atoms with Gasteiger partial charge in [0, 0.05) is 44.5 Å². The Balaban J connectivity index is 1.48. The normalized spacial score (nSPS) is 14.4. The van der Waals surface area contributed by atoms with E-state index in [4.69, 9.17) is 0 Å². The molecule has 2 heterocycles. The molecule has 3 rings (SSSR count). The predicted molar refractivity (Wildman–Crippen MR) is 105 cm³/mol. The Kier molecular flexibility index (Phi) is 6.10. The molecule has 1 aromatic carbocycles. The van der Waals surface area contributed by atoms with Crippen molar-refractivity contribution in [3.8, 4) is 0 Å². The first-order valence-electron chi connectivity index (χ1n) is 8.34. The van der Waals surface area contributed by atoms with Gasteiger partial charge in [0.25, 0.3) is 0 Å². The number of benzene rings is 1. The molecule has 0 aliphatic carbocycles. The summed E-state index contributed by atoms with van der Waals surface area (Å²) < 4.78 is 0.803. The maximum Gasteiger partial charge on any atom is 0.234 e. The van der Waals surface area contributed by atoms with Gasteiger partial charge >= 0.3 is 0 Å². The number of rotatable bonds is 5. The first-order valence-corrected chi connectivity index (χ1v) is 10.1. The van der Waals surface area contributed by atoms with E-state index in [-0.39, 0.29) is 11.8 Å². The van der Waals surface area contributed by atoms with E-state index in [1.54, 1.807) is 6.92 Å². The first-order chi connectivity index (χ1) is 12.5. The zero-order valence-electron chi connectivity index (χ0n) is 14.8. The molecule has 0 radical (unpaired) electrons. The molecule has 1 fully saturated rings. The van der Waals surface area contributed by atoms with Gasteiger partial charge in [-0.25, -0.2) is 0 Å². The maximum absolute atomic E-state index is 12.1. The third-order valence-electron chi connectivity index (χ3n) is 4.08.